The Morgan fingerprint density at radius 2 is 2.06 bits per heavy atom. The normalized spacial score (nSPS) is 21.6. The third-order valence-electron chi connectivity index (χ3n) is 3.89. The van der Waals surface area contributed by atoms with Crippen LogP contribution in [0.3, 0.4) is 0 Å². The van der Waals surface area contributed by atoms with Gasteiger partial charge in [-0.25, -0.2) is 0 Å². The van der Waals surface area contributed by atoms with Gasteiger partial charge in [-0.15, -0.1) is 0 Å². The molecule has 0 bridgehead atoms. The van der Waals surface area contributed by atoms with Crippen LogP contribution in [0.15, 0.2) is 18.2 Å². The van der Waals surface area contributed by atoms with E-state index in [0.717, 1.165) is 18.7 Å². The summed E-state index contributed by atoms with van der Waals surface area (Å²) in [6.45, 7) is 11.1. The summed E-state index contributed by atoms with van der Waals surface area (Å²) in [5.74, 6) is 0.424. The Bertz CT molecular complexity index is 411. The van der Waals surface area contributed by atoms with Crippen LogP contribution in [0.1, 0.15) is 44.4 Å². The zero-order valence-corrected chi connectivity index (χ0v) is 11.3. The molecule has 1 fully saturated rings. The number of benzene rings is 1. The van der Waals surface area contributed by atoms with Gasteiger partial charge in [0.25, 0.3) is 0 Å². The molecule has 94 valence electrons. The third-order valence-corrected chi connectivity index (χ3v) is 3.89. The van der Waals surface area contributed by atoms with Crippen molar-refractivity contribution in [3.8, 4) is 5.75 Å². The molecule has 1 aliphatic heterocycles. The number of aromatic hydroxyl groups is 1. The first-order valence-corrected chi connectivity index (χ1v) is 6.43. The molecule has 2 heteroatoms. The maximum absolute atomic E-state index is 9.97. The van der Waals surface area contributed by atoms with Gasteiger partial charge in [-0.3, -0.25) is 4.90 Å². The van der Waals surface area contributed by atoms with E-state index in [4.69, 9.17) is 0 Å². The number of phenols is 1. The maximum Gasteiger partial charge on any atom is 0.120 e. The largest absolute Gasteiger partial charge is 0.508 e. The summed E-state index contributed by atoms with van der Waals surface area (Å²) in [4.78, 5) is 2.47. The summed E-state index contributed by atoms with van der Waals surface area (Å²) in [6, 6.07) is 6.17. The topological polar surface area (TPSA) is 23.5 Å². The van der Waals surface area contributed by atoms with E-state index in [1.807, 2.05) is 12.1 Å². The van der Waals surface area contributed by atoms with Gasteiger partial charge in [0.2, 0.25) is 0 Å². The minimum Gasteiger partial charge on any atom is -0.508 e. The van der Waals surface area contributed by atoms with Crippen LogP contribution in [0.4, 0.5) is 0 Å². The fraction of sp³-hybridized carbons (Fsp3) is 0.600. The molecular weight excluding hydrogens is 210 g/mol. The van der Waals surface area contributed by atoms with Crippen LogP contribution in [0.5, 0.6) is 5.75 Å². The Labute approximate surface area is 104 Å². The second-order valence-electron chi connectivity index (χ2n) is 6.12. The number of hydrogen-bond donors (Lipinski definition) is 1. The average molecular weight is 233 g/mol. The van der Waals surface area contributed by atoms with E-state index in [2.05, 4.69) is 38.7 Å². The van der Waals surface area contributed by atoms with Crippen molar-refractivity contribution >= 4 is 0 Å². The average Bonchev–Trinajstić information content (AvgIpc) is 2.61. The van der Waals surface area contributed by atoms with Gasteiger partial charge in [0, 0.05) is 18.2 Å². The molecule has 17 heavy (non-hydrogen) atoms. The molecule has 0 saturated carbocycles. The standard InChI is InChI=1S/C15H23NO/c1-11-5-6-14(17)13(9-11)12(2)16-8-7-15(3,4)10-16/h5-6,9,12,17H,7-8,10H2,1-4H3. The molecular formula is C15H23NO. The first-order chi connectivity index (χ1) is 7.89. The number of aryl methyl sites for hydroxylation is 1. The second-order valence-corrected chi connectivity index (χ2v) is 6.12. The highest BCUT2D eigenvalue weighted by Gasteiger charge is 2.32. The predicted octanol–water partition coefficient (Wildman–Crippen LogP) is 3.49. The van der Waals surface area contributed by atoms with Crippen molar-refractivity contribution in [2.75, 3.05) is 13.1 Å². The van der Waals surface area contributed by atoms with Gasteiger partial charge in [-0.05, 0) is 38.3 Å². The van der Waals surface area contributed by atoms with Crippen molar-refractivity contribution < 1.29 is 5.11 Å². The van der Waals surface area contributed by atoms with Gasteiger partial charge in [-0.2, -0.15) is 0 Å². The summed E-state index contributed by atoms with van der Waals surface area (Å²) in [6.07, 6.45) is 1.24. The van der Waals surface area contributed by atoms with Gasteiger partial charge in [-0.1, -0.05) is 31.5 Å². The zero-order valence-electron chi connectivity index (χ0n) is 11.3. The van der Waals surface area contributed by atoms with Crippen molar-refractivity contribution in [1.82, 2.24) is 4.90 Å². The van der Waals surface area contributed by atoms with Gasteiger partial charge in [0.15, 0.2) is 0 Å². The van der Waals surface area contributed by atoms with Gasteiger partial charge in [0.05, 0.1) is 0 Å². The van der Waals surface area contributed by atoms with Crippen molar-refractivity contribution in [1.29, 1.82) is 0 Å². The Kier molecular flexibility index (Phi) is 3.17. The van der Waals surface area contributed by atoms with Gasteiger partial charge < -0.3 is 5.11 Å². The highest BCUT2D eigenvalue weighted by Crippen LogP contribution is 2.37. The fourth-order valence-corrected chi connectivity index (χ4v) is 2.69. The van der Waals surface area contributed by atoms with E-state index in [-0.39, 0.29) is 0 Å². The Balaban J connectivity index is 2.20. The van der Waals surface area contributed by atoms with Crippen LogP contribution in [0.25, 0.3) is 0 Å². The number of nitrogens with zero attached hydrogens (tertiary/aromatic N) is 1. The molecule has 0 amide bonds. The van der Waals surface area contributed by atoms with Crippen molar-refractivity contribution in [2.24, 2.45) is 5.41 Å². The molecule has 0 radical (unpaired) electrons. The molecule has 0 aliphatic carbocycles. The first kappa shape index (κ1) is 12.4. The Morgan fingerprint density at radius 1 is 1.35 bits per heavy atom. The highest BCUT2D eigenvalue weighted by molar-refractivity contribution is 5.37. The molecule has 2 rings (SSSR count). The van der Waals surface area contributed by atoms with E-state index in [9.17, 15) is 5.11 Å². The van der Waals surface area contributed by atoms with Crippen LogP contribution in [-0.2, 0) is 0 Å². The molecule has 1 unspecified atom stereocenters. The number of phenolic OH excluding ortho intramolecular Hbond substituents is 1. The van der Waals surface area contributed by atoms with E-state index in [0.29, 0.717) is 17.2 Å². The van der Waals surface area contributed by atoms with E-state index < -0.39 is 0 Å². The number of hydrogen-bond acceptors (Lipinski definition) is 2. The lowest BCUT2D eigenvalue weighted by Gasteiger charge is -2.27. The van der Waals surface area contributed by atoms with E-state index in [1.165, 1.54) is 12.0 Å². The van der Waals surface area contributed by atoms with Gasteiger partial charge >= 0.3 is 0 Å². The fourth-order valence-electron chi connectivity index (χ4n) is 2.69. The number of rotatable bonds is 2. The summed E-state index contributed by atoms with van der Waals surface area (Å²) < 4.78 is 0. The molecule has 1 atom stereocenters. The minimum absolute atomic E-state index is 0.302. The first-order valence-electron chi connectivity index (χ1n) is 6.43. The molecule has 0 spiro atoms. The van der Waals surface area contributed by atoms with Crippen molar-refractivity contribution in [3.63, 3.8) is 0 Å². The van der Waals surface area contributed by atoms with E-state index >= 15 is 0 Å². The minimum atomic E-state index is 0.302. The van der Waals surface area contributed by atoms with Crippen LogP contribution in [-0.4, -0.2) is 23.1 Å². The quantitative estimate of drug-likeness (QED) is 0.845. The van der Waals surface area contributed by atoms with Crippen LogP contribution in [0, 0.1) is 12.3 Å². The SMILES string of the molecule is Cc1ccc(O)c(C(C)N2CCC(C)(C)C2)c1. The lowest BCUT2D eigenvalue weighted by Crippen LogP contribution is -2.26. The van der Waals surface area contributed by atoms with Crippen LogP contribution >= 0.6 is 0 Å². The zero-order chi connectivity index (χ0) is 12.6. The molecule has 0 aromatic heterocycles. The Morgan fingerprint density at radius 3 is 2.65 bits per heavy atom. The molecule has 1 aliphatic rings. The molecule has 1 saturated heterocycles. The second kappa shape index (κ2) is 4.34. The summed E-state index contributed by atoms with van der Waals surface area (Å²) in [5, 5.41) is 9.97. The molecule has 1 N–H and O–H groups in total. The third kappa shape index (κ3) is 2.63. The maximum atomic E-state index is 9.97. The van der Waals surface area contributed by atoms with Gasteiger partial charge in [0.1, 0.15) is 5.75 Å². The van der Waals surface area contributed by atoms with Crippen molar-refractivity contribution in [3.05, 3.63) is 29.3 Å². The van der Waals surface area contributed by atoms with Crippen LogP contribution in [0.2, 0.25) is 0 Å². The summed E-state index contributed by atoms with van der Waals surface area (Å²) >= 11 is 0. The molecule has 1 aromatic carbocycles. The number of likely N-dealkylation sites (tertiary alicyclic amines) is 1. The predicted molar refractivity (Wildman–Crippen MR) is 71.2 cm³/mol. The Hall–Kier alpha value is -1.02. The monoisotopic (exact) mass is 233 g/mol. The lowest BCUT2D eigenvalue weighted by molar-refractivity contribution is 0.229. The molecule has 1 heterocycles. The summed E-state index contributed by atoms with van der Waals surface area (Å²) in [7, 11) is 0. The van der Waals surface area contributed by atoms with E-state index in [1.54, 1.807) is 0 Å². The van der Waals surface area contributed by atoms with Crippen LogP contribution < -0.4 is 0 Å². The molecule has 1 aromatic rings. The smallest absolute Gasteiger partial charge is 0.120 e. The lowest BCUT2D eigenvalue weighted by atomic mass is 9.93. The van der Waals surface area contributed by atoms with Crippen molar-refractivity contribution in [2.45, 2.75) is 40.2 Å². The highest BCUT2D eigenvalue weighted by atomic mass is 16.3. The molecule has 2 nitrogen and oxygen atoms in total. The summed E-state index contributed by atoms with van der Waals surface area (Å²) in [5.41, 5.74) is 2.68.